The van der Waals surface area contributed by atoms with Crippen molar-refractivity contribution in [3.63, 3.8) is 0 Å². The van der Waals surface area contributed by atoms with Crippen molar-refractivity contribution in [1.29, 1.82) is 5.26 Å². The van der Waals surface area contributed by atoms with Crippen LogP contribution in [0.4, 0.5) is 5.82 Å². The molecule has 3 aromatic rings. The summed E-state index contributed by atoms with van der Waals surface area (Å²) in [6, 6.07) is 10.4. The number of piperidine rings is 1. The number of hydrogen-bond donors (Lipinski definition) is 0. The highest BCUT2D eigenvalue weighted by molar-refractivity contribution is 5.86. The van der Waals surface area contributed by atoms with Gasteiger partial charge in [0.1, 0.15) is 17.9 Å². The first-order chi connectivity index (χ1) is 13.8. The lowest BCUT2D eigenvalue weighted by molar-refractivity contribution is 0.173. The second-order valence-electron chi connectivity index (χ2n) is 6.84. The van der Waals surface area contributed by atoms with Gasteiger partial charge in [0.2, 0.25) is 0 Å². The highest BCUT2D eigenvalue weighted by Gasteiger charge is 2.24. The Bertz CT molecular complexity index is 986. The summed E-state index contributed by atoms with van der Waals surface area (Å²) in [4.78, 5) is 10.6. The topological polar surface area (TPSA) is 76.2 Å². The Labute approximate surface area is 164 Å². The first kappa shape index (κ1) is 18.3. The van der Waals surface area contributed by atoms with Gasteiger partial charge in [-0.2, -0.15) is 5.26 Å². The van der Waals surface area contributed by atoms with E-state index in [-0.39, 0.29) is 6.10 Å². The summed E-state index contributed by atoms with van der Waals surface area (Å²) in [5.41, 5.74) is 1.54. The molecule has 0 aliphatic carbocycles. The van der Waals surface area contributed by atoms with Gasteiger partial charge in [0.25, 0.3) is 0 Å². The molecule has 0 amide bonds. The molecule has 144 valence electrons. The molecule has 0 atom stereocenters. The second-order valence-corrected chi connectivity index (χ2v) is 6.84. The third-order valence-corrected chi connectivity index (χ3v) is 5.13. The van der Waals surface area contributed by atoms with E-state index < -0.39 is 0 Å². The Balaban J connectivity index is 1.44. The van der Waals surface area contributed by atoms with Crippen LogP contribution in [0, 0.1) is 11.3 Å². The molecule has 4 rings (SSSR count). The third kappa shape index (κ3) is 3.64. The number of rotatable bonds is 6. The van der Waals surface area contributed by atoms with Gasteiger partial charge in [-0.3, -0.25) is 0 Å². The highest BCUT2D eigenvalue weighted by Crippen LogP contribution is 2.30. The van der Waals surface area contributed by atoms with Crippen molar-refractivity contribution in [3.8, 4) is 11.8 Å². The maximum Gasteiger partial charge on any atom is 0.183 e. The van der Waals surface area contributed by atoms with Crippen molar-refractivity contribution in [1.82, 2.24) is 14.5 Å². The Morgan fingerprint density at radius 3 is 2.79 bits per heavy atom. The number of fused-ring (bicyclic) bond motifs is 1. The van der Waals surface area contributed by atoms with Crippen LogP contribution in [0.1, 0.15) is 18.5 Å². The van der Waals surface area contributed by atoms with Crippen LogP contribution in [0.3, 0.4) is 0 Å². The van der Waals surface area contributed by atoms with Gasteiger partial charge in [0.05, 0.1) is 12.1 Å². The van der Waals surface area contributed by atoms with Gasteiger partial charge in [-0.15, -0.1) is 0 Å². The summed E-state index contributed by atoms with van der Waals surface area (Å²) >= 11 is 0. The van der Waals surface area contributed by atoms with Crippen molar-refractivity contribution in [2.45, 2.75) is 25.5 Å². The van der Waals surface area contributed by atoms with E-state index in [1.54, 1.807) is 19.5 Å². The predicted molar refractivity (Wildman–Crippen MR) is 106 cm³/mol. The molecule has 1 fully saturated rings. The fourth-order valence-electron chi connectivity index (χ4n) is 3.69. The van der Waals surface area contributed by atoms with Crippen molar-refractivity contribution in [2.24, 2.45) is 0 Å². The van der Waals surface area contributed by atoms with Crippen LogP contribution >= 0.6 is 0 Å². The van der Waals surface area contributed by atoms with Crippen LogP contribution in [0.5, 0.6) is 5.75 Å². The molecule has 0 N–H and O–H groups in total. The average molecular weight is 377 g/mol. The zero-order valence-electron chi connectivity index (χ0n) is 15.9. The van der Waals surface area contributed by atoms with E-state index in [1.807, 2.05) is 12.1 Å². The summed E-state index contributed by atoms with van der Waals surface area (Å²) in [5.74, 6) is 1.59. The fourth-order valence-corrected chi connectivity index (χ4v) is 3.69. The van der Waals surface area contributed by atoms with Crippen LogP contribution in [-0.2, 0) is 11.3 Å². The van der Waals surface area contributed by atoms with Gasteiger partial charge in [-0.25, -0.2) is 9.97 Å². The first-order valence-electron chi connectivity index (χ1n) is 9.49. The van der Waals surface area contributed by atoms with E-state index in [4.69, 9.17) is 9.47 Å². The summed E-state index contributed by atoms with van der Waals surface area (Å²) in [6.07, 6.45) is 7.16. The lowest BCUT2D eigenvalue weighted by Crippen LogP contribution is -2.39. The van der Waals surface area contributed by atoms with Crippen LogP contribution in [0.15, 0.2) is 42.9 Å². The molecule has 3 heterocycles. The number of aromatic nitrogens is 3. The lowest BCUT2D eigenvalue weighted by atomic mass is 10.1. The van der Waals surface area contributed by atoms with Gasteiger partial charge >= 0.3 is 0 Å². The third-order valence-electron chi connectivity index (χ3n) is 5.13. The van der Waals surface area contributed by atoms with Gasteiger partial charge in [0, 0.05) is 63.6 Å². The van der Waals surface area contributed by atoms with Crippen LogP contribution in [0.25, 0.3) is 10.9 Å². The molecule has 1 aliphatic heterocycles. The maximum atomic E-state index is 9.24. The van der Waals surface area contributed by atoms with Crippen molar-refractivity contribution >= 4 is 16.7 Å². The predicted octanol–water partition coefficient (Wildman–Crippen LogP) is 3.00. The number of anilines is 1. The van der Waals surface area contributed by atoms with Crippen LogP contribution in [-0.4, -0.2) is 47.4 Å². The summed E-state index contributed by atoms with van der Waals surface area (Å²) < 4.78 is 13.7. The molecule has 0 spiro atoms. The van der Waals surface area contributed by atoms with Crippen molar-refractivity contribution in [2.75, 3.05) is 31.7 Å². The van der Waals surface area contributed by atoms with Crippen molar-refractivity contribution < 1.29 is 9.47 Å². The monoisotopic (exact) mass is 377 g/mol. The minimum Gasteiger partial charge on any atom is -0.490 e. The molecule has 2 aromatic heterocycles. The molecule has 28 heavy (non-hydrogen) atoms. The Morgan fingerprint density at radius 1 is 1.18 bits per heavy atom. The molecule has 0 bridgehead atoms. The van der Waals surface area contributed by atoms with Gasteiger partial charge in [-0.1, -0.05) is 6.07 Å². The SMILES string of the molecule is COCCn1ccc2c(OC3CCN(c4nccnc4C#N)CC3)cccc21. The van der Waals surface area contributed by atoms with E-state index in [0.717, 1.165) is 49.1 Å². The number of benzene rings is 1. The van der Waals surface area contributed by atoms with Crippen LogP contribution < -0.4 is 9.64 Å². The molecule has 1 saturated heterocycles. The van der Waals surface area contributed by atoms with Gasteiger partial charge in [0.15, 0.2) is 11.5 Å². The number of ether oxygens (including phenoxy) is 2. The average Bonchev–Trinajstić information content (AvgIpc) is 3.17. The second kappa shape index (κ2) is 8.28. The molecule has 0 saturated carbocycles. The Morgan fingerprint density at radius 2 is 2.00 bits per heavy atom. The number of hydrogen-bond acceptors (Lipinski definition) is 6. The van der Waals surface area contributed by atoms with E-state index in [9.17, 15) is 5.26 Å². The molecule has 0 unspecified atom stereocenters. The normalized spacial score (nSPS) is 14.9. The number of nitriles is 1. The van der Waals surface area contributed by atoms with E-state index in [2.05, 4.69) is 43.8 Å². The van der Waals surface area contributed by atoms with E-state index in [1.165, 1.54) is 0 Å². The summed E-state index contributed by atoms with van der Waals surface area (Å²) in [7, 11) is 1.72. The molecule has 1 aliphatic rings. The smallest absolute Gasteiger partial charge is 0.183 e. The minimum absolute atomic E-state index is 0.145. The first-order valence-corrected chi connectivity index (χ1v) is 9.49. The molecule has 0 radical (unpaired) electrons. The standard InChI is InChI=1S/C21H23N5O2/c1-27-14-13-25-12-7-17-19(25)3-2-4-20(17)28-16-5-10-26(11-6-16)21-18(15-22)23-8-9-24-21/h2-4,7-9,12,16H,5-6,10-11,13-14H2,1H3. The maximum absolute atomic E-state index is 9.24. The number of methoxy groups -OCH3 is 1. The zero-order chi connectivity index (χ0) is 19.3. The Hall–Kier alpha value is -3.11. The Kier molecular flexibility index (Phi) is 5.40. The molecular weight excluding hydrogens is 354 g/mol. The molecule has 7 nitrogen and oxygen atoms in total. The summed E-state index contributed by atoms with van der Waals surface area (Å²) in [5, 5.41) is 10.4. The molecular formula is C21H23N5O2. The van der Waals surface area contributed by atoms with E-state index in [0.29, 0.717) is 18.1 Å². The highest BCUT2D eigenvalue weighted by atomic mass is 16.5. The van der Waals surface area contributed by atoms with Crippen LogP contribution in [0.2, 0.25) is 0 Å². The largest absolute Gasteiger partial charge is 0.490 e. The number of nitrogens with zero attached hydrogens (tertiary/aromatic N) is 5. The quantitative estimate of drug-likeness (QED) is 0.657. The van der Waals surface area contributed by atoms with Gasteiger partial charge in [-0.05, 0) is 18.2 Å². The fraction of sp³-hybridized carbons (Fsp3) is 0.381. The molecule has 7 heteroatoms. The minimum atomic E-state index is 0.145. The molecule has 1 aromatic carbocycles. The van der Waals surface area contributed by atoms with E-state index >= 15 is 0 Å². The summed E-state index contributed by atoms with van der Waals surface area (Å²) in [6.45, 7) is 3.09. The van der Waals surface area contributed by atoms with Gasteiger partial charge < -0.3 is 18.9 Å². The van der Waals surface area contributed by atoms with Crippen molar-refractivity contribution in [3.05, 3.63) is 48.5 Å². The zero-order valence-corrected chi connectivity index (χ0v) is 15.9. The lowest BCUT2D eigenvalue weighted by Gasteiger charge is -2.33.